The van der Waals surface area contributed by atoms with Crippen molar-refractivity contribution < 1.29 is 9.53 Å². The molecule has 0 amide bonds. The van der Waals surface area contributed by atoms with Crippen LogP contribution in [0.1, 0.15) is 20.8 Å². The fourth-order valence-electron chi connectivity index (χ4n) is 2.30. The first-order chi connectivity index (χ1) is 12.1. The van der Waals surface area contributed by atoms with Gasteiger partial charge in [0.15, 0.2) is 10.3 Å². The zero-order valence-corrected chi connectivity index (χ0v) is 15.6. The van der Waals surface area contributed by atoms with Crippen molar-refractivity contribution in [3.8, 4) is 5.75 Å². The molecule has 0 unspecified atom stereocenters. The van der Waals surface area contributed by atoms with Crippen LogP contribution in [0.2, 0.25) is 9.49 Å². The number of hydrogen-bond acceptors (Lipinski definition) is 5. The van der Waals surface area contributed by atoms with Gasteiger partial charge in [0.05, 0.1) is 13.7 Å². The highest BCUT2D eigenvalue weighted by atomic mass is 35.5. The SMILES string of the molecule is COc1ccc(NCc2cnc(Cl)s2)c(C(=O)c2ccc(Cl)cc2)c1. The molecule has 7 heteroatoms. The van der Waals surface area contributed by atoms with E-state index in [4.69, 9.17) is 27.9 Å². The standard InChI is InChI=1S/C18H14Cl2N2O2S/c1-24-13-6-7-16(21-9-14-10-22-18(20)25-14)15(8-13)17(23)11-2-4-12(19)5-3-11/h2-8,10,21H,9H2,1H3. The highest BCUT2D eigenvalue weighted by Crippen LogP contribution is 2.27. The molecule has 0 radical (unpaired) electrons. The lowest BCUT2D eigenvalue weighted by Crippen LogP contribution is -2.08. The summed E-state index contributed by atoms with van der Waals surface area (Å²) in [5.41, 5.74) is 1.80. The summed E-state index contributed by atoms with van der Waals surface area (Å²) < 4.78 is 5.74. The third-order valence-electron chi connectivity index (χ3n) is 3.56. The molecule has 2 aromatic carbocycles. The van der Waals surface area contributed by atoms with Gasteiger partial charge in [0.2, 0.25) is 0 Å². The Morgan fingerprint density at radius 2 is 1.96 bits per heavy atom. The van der Waals surface area contributed by atoms with E-state index in [1.807, 2.05) is 6.07 Å². The Balaban J connectivity index is 1.89. The molecule has 0 atom stereocenters. The number of halogens is 2. The van der Waals surface area contributed by atoms with Gasteiger partial charge >= 0.3 is 0 Å². The molecule has 1 heterocycles. The third kappa shape index (κ3) is 4.31. The van der Waals surface area contributed by atoms with Crippen LogP contribution < -0.4 is 10.1 Å². The number of carbonyl (C=O) groups is 1. The van der Waals surface area contributed by atoms with Crippen LogP contribution in [0.4, 0.5) is 5.69 Å². The van der Waals surface area contributed by atoms with E-state index in [1.54, 1.807) is 49.7 Å². The van der Waals surface area contributed by atoms with Gasteiger partial charge in [-0.15, -0.1) is 11.3 Å². The van der Waals surface area contributed by atoms with E-state index < -0.39 is 0 Å². The van der Waals surface area contributed by atoms with Crippen molar-refractivity contribution in [2.45, 2.75) is 6.54 Å². The second kappa shape index (κ2) is 7.87. The molecule has 3 rings (SSSR count). The van der Waals surface area contributed by atoms with Gasteiger partial charge in [0.1, 0.15) is 5.75 Å². The number of rotatable bonds is 6. The Morgan fingerprint density at radius 1 is 1.20 bits per heavy atom. The first-order valence-electron chi connectivity index (χ1n) is 7.39. The molecule has 0 saturated carbocycles. The summed E-state index contributed by atoms with van der Waals surface area (Å²) in [6.07, 6.45) is 1.71. The average Bonchev–Trinajstić information content (AvgIpc) is 3.05. The molecule has 0 aliphatic carbocycles. The van der Waals surface area contributed by atoms with Crippen molar-refractivity contribution in [1.29, 1.82) is 0 Å². The van der Waals surface area contributed by atoms with Crippen LogP contribution in [0.3, 0.4) is 0 Å². The molecule has 0 bridgehead atoms. The molecular formula is C18H14Cl2N2O2S. The van der Waals surface area contributed by atoms with Crippen molar-refractivity contribution in [1.82, 2.24) is 4.98 Å². The zero-order chi connectivity index (χ0) is 17.8. The van der Waals surface area contributed by atoms with E-state index in [2.05, 4.69) is 10.3 Å². The third-order valence-corrected chi connectivity index (χ3v) is 4.92. The number of benzene rings is 2. The van der Waals surface area contributed by atoms with Crippen LogP contribution >= 0.6 is 34.5 Å². The lowest BCUT2D eigenvalue weighted by atomic mass is 10.0. The number of ether oxygens (including phenoxy) is 1. The number of methoxy groups -OCH3 is 1. The molecule has 0 fully saturated rings. The van der Waals surface area contributed by atoms with Crippen molar-refractivity contribution in [3.63, 3.8) is 0 Å². The number of anilines is 1. The Labute approximate surface area is 159 Å². The molecule has 128 valence electrons. The van der Waals surface area contributed by atoms with Crippen molar-refractivity contribution in [3.05, 3.63) is 74.2 Å². The Kier molecular flexibility index (Phi) is 5.58. The van der Waals surface area contributed by atoms with Crippen LogP contribution in [-0.4, -0.2) is 17.9 Å². The maximum Gasteiger partial charge on any atom is 0.195 e. The molecular weight excluding hydrogens is 379 g/mol. The molecule has 3 aromatic rings. The second-order valence-corrected chi connectivity index (χ2v) is 7.31. The highest BCUT2D eigenvalue weighted by molar-refractivity contribution is 7.15. The molecule has 0 aliphatic rings. The number of ketones is 1. The quantitative estimate of drug-likeness (QED) is 0.578. The predicted octanol–water partition coefficient (Wildman–Crippen LogP) is 5.30. The smallest absolute Gasteiger partial charge is 0.195 e. The largest absolute Gasteiger partial charge is 0.497 e. The zero-order valence-electron chi connectivity index (χ0n) is 13.3. The number of hydrogen-bond donors (Lipinski definition) is 1. The lowest BCUT2D eigenvalue weighted by Gasteiger charge is -2.12. The summed E-state index contributed by atoms with van der Waals surface area (Å²) in [5, 5.41) is 3.85. The van der Waals surface area contributed by atoms with Crippen LogP contribution in [-0.2, 0) is 6.54 Å². The summed E-state index contributed by atoms with van der Waals surface area (Å²) in [7, 11) is 1.57. The van der Waals surface area contributed by atoms with Crippen molar-refractivity contribution in [2.24, 2.45) is 0 Å². The summed E-state index contributed by atoms with van der Waals surface area (Å²) in [6, 6.07) is 12.2. The van der Waals surface area contributed by atoms with Gasteiger partial charge in [-0.3, -0.25) is 4.79 Å². The van der Waals surface area contributed by atoms with Crippen LogP contribution in [0.25, 0.3) is 0 Å². The van der Waals surface area contributed by atoms with Crippen LogP contribution in [0.15, 0.2) is 48.7 Å². The van der Waals surface area contributed by atoms with Crippen LogP contribution in [0, 0.1) is 0 Å². The summed E-state index contributed by atoms with van der Waals surface area (Å²) >= 11 is 13.2. The van der Waals surface area contributed by atoms with E-state index in [0.717, 1.165) is 4.88 Å². The van der Waals surface area contributed by atoms with Gasteiger partial charge < -0.3 is 10.1 Å². The van der Waals surface area contributed by atoms with E-state index in [1.165, 1.54) is 11.3 Å². The second-order valence-electron chi connectivity index (χ2n) is 5.18. The minimum Gasteiger partial charge on any atom is -0.497 e. The molecule has 1 N–H and O–H groups in total. The Hall–Kier alpha value is -2.08. The highest BCUT2D eigenvalue weighted by Gasteiger charge is 2.15. The maximum absolute atomic E-state index is 12.9. The minimum atomic E-state index is -0.111. The molecule has 4 nitrogen and oxygen atoms in total. The van der Waals surface area contributed by atoms with Gasteiger partial charge in [-0.2, -0.15) is 0 Å². The van der Waals surface area contributed by atoms with Gasteiger partial charge in [0.25, 0.3) is 0 Å². The molecule has 0 spiro atoms. The Morgan fingerprint density at radius 3 is 2.60 bits per heavy atom. The van der Waals surface area contributed by atoms with Crippen molar-refractivity contribution in [2.75, 3.05) is 12.4 Å². The fraction of sp³-hybridized carbons (Fsp3) is 0.111. The number of thiazole rings is 1. The van der Waals surface area contributed by atoms with Crippen LogP contribution in [0.5, 0.6) is 5.75 Å². The van der Waals surface area contributed by atoms with E-state index >= 15 is 0 Å². The number of nitrogens with zero attached hydrogens (tertiary/aromatic N) is 1. The first kappa shape index (κ1) is 17.7. The normalized spacial score (nSPS) is 10.5. The summed E-state index contributed by atoms with van der Waals surface area (Å²) in [6.45, 7) is 0.525. The Bertz CT molecular complexity index is 894. The van der Waals surface area contributed by atoms with Gasteiger partial charge in [-0.05, 0) is 42.5 Å². The van der Waals surface area contributed by atoms with Gasteiger partial charge in [0, 0.05) is 32.9 Å². The number of carbonyl (C=O) groups excluding carboxylic acids is 1. The number of aromatic nitrogens is 1. The maximum atomic E-state index is 12.9. The van der Waals surface area contributed by atoms with Gasteiger partial charge in [-0.25, -0.2) is 4.98 Å². The average molecular weight is 393 g/mol. The lowest BCUT2D eigenvalue weighted by molar-refractivity contribution is 0.103. The fourth-order valence-corrected chi connectivity index (χ4v) is 3.34. The van der Waals surface area contributed by atoms with E-state index in [-0.39, 0.29) is 5.78 Å². The van der Waals surface area contributed by atoms with E-state index in [9.17, 15) is 4.79 Å². The molecule has 25 heavy (non-hydrogen) atoms. The molecule has 0 aliphatic heterocycles. The summed E-state index contributed by atoms with van der Waals surface area (Å²) in [5.74, 6) is 0.504. The topological polar surface area (TPSA) is 51.2 Å². The molecule has 1 aromatic heterocycles. The summed E-state index contributed by atoms with van der Waals surface area (Å²) in [4.78, 5) is 17.9. The minimum absolute atomic E-state index is 0.111. The van der Waals surface area contributed by atoms with E-state index in [0.29, 0.717) is 38.6 Å². The van der Waals surface area contributed by atoms with Gasteiger partial charge in [-0.1, -0.05) is 23.2 Å². The number of nitrogens with one attached hydrogen (secondary N) is 1. The first-order valence-corrected chi connectivity index (χ1v) is 8.96. The monoisotopic (exact) mass is 392 g/mol. The molecule has 0 saturated heterocycles. The van der Waals surface area contributed by atoms with Crippen molar-refractivity contribution >= 4 is 46.0 Å². The predicted molar refractivity (Wildman–Crippen MR) is 102 cm³/mol.